The van der Waals surface area contributed by atoms with E-state index in [1.807, 2.05) is 0 Å². The monoisotopic (exact) mass is 595 g/mol. The van der Waals surface area contributed by atoms with Crippen molar-refractivity contribution in [2.45, 2.75) is 71.0 Å². The molecule has 212 valence electrons. The van der Waals surface area contributed by atoms with Crippen molar-refractivity contribution in [2.24, 2.45) is 0 Å². The molecule has 1 atom stereocenters. The van der Waals surface area contributed by atoms with Gasteiger partial charge in [0.15, 0.2) is 5.78 Å². The van der Waals surface area contributed by atoms with Crippen molar-refractivity contribution >= 4 is 56.5 Å². The molecular formula is C28H35Cl2N3O5S. The Morgan fingerprint density at radius 1 is 1.05 bits per heavy atom. The van der Waals surface area contributed by atoms with E-state index in [9.17, 15) is 22.8 Å². The van der Waals surface area contributed by atoms with E-state index >= 15 is 0 Å². The zero-order valence-corrected chi connectivity index (χ0v) is 24.8. The molecule has 0 aromatic heterocycles. The lowest BCUT2D eigenvalue weighted by Gasteiger charge is -2.34. The van der Waals surface area contributed by atoms with Crippen molar-refractivity contribution in [2.75, 3.05) is 17.1 Å². The van der Waals surface area contributed by atoms with Crippen LogP contribution in [-0.2, 0) is 26.2 Å². The quantitative estimate of drug-likeness (QED) is 0.359. The van der Waals surface area contributed by atoms with E-state index < -0.39 is 28.5 Å². The third-order valence-electron chi connectivity index (χ3n) is 6.91. The third kappa shape index (κ3) is 8.43. The number of hydrogen-bond acceptors (Lipinski definition) is 5. The van der Waals surface area contributed by atoms with Crippen LogP contribution in [0.3, 0.4) is 0 Å². The minimum Gasteiger partial charge on any atom is -0.352 e. The molecule has 0 bridgehead atoms. The highest BCUT2D eigenvalue weighted by molar-refractivity contribution is 7.92. The largest absolute Gasteiger partial charge is 0.352 e. The van der Waals surface area contributed by atoms with Gasteiger partial charge in [-0.15, -0.1) is 0 Å². The van der Waals surface area contributed by atoms with Gasteiger partial charge in [-0.2, -0.15) is 0 Å². The molecule has 3 rings (SSSR count). The summed E-state index contributed by atoms with van der Waals surface area (Å²) in [5.41, 5.74) is 1.07. The lowest BCUT2D eigenvalue weighted by Crippen LogP contribution is -2.54. The first-order valence-electron chi connectivity index (χ1n) is 13.0. The lowest BCUT2D eigenvalue weighted by atomic mass is 9.95. The number of anilines is 1. The van der Waals surface area contributed by atoms with Gasteiger partial charge in [-0.1, -0.05) is 67.6 Å². The van der Waals surface area contributed by atoms with E-state index in [4.69, 9.17) is 23.2 Å². The SMILES string of the molecule is CC[C@@H](C(=O)NC1CCCCC1)N(Cc1ccc(Cl)cc1Cl)C(=O)CN(c1cccc(C(C)=O)c1)S(C)(=O)=O. The Morgan fingerprint density at radius 2 is 1.74 bits per heavy atom. The van der Waals surface area contributed by atoms with Crippen LogP contribution in [-0.4, -0.2) is 55.8 Å². The molecule has 1 N–H and O–H groups in total. The Balaban J connectivity index is 1.96. The number of benzene rings is 2. The fourth-order valence-corrected chi connectivity index (χ4v) is 6.10. The maximum Gasteiger partial charge on any atom is 0.244 e. The molecule has 0 unspecified atom stereocenters. The number of carbonyl (C=O) groups excluding carboxylic acids is 3. The van der Waals surface area contributed by atoms with Crippen molar-refractivity contribution in [3.63, 3.8) is 0 Å². The Morgan fingerprint density at radius 3 is 2.33 bits per heavy atom. The van der Waals surface area contributed by atoms with Crippen molar-refractivity contribution in [3.8, 4) is 0 Å². The number of nitrogens with zero attached hydrogens (tertiary/aromatic N) is 2. The second-order valence-electron chi connectivity index (χ2n) is 9.90. The first-order valence-corrected chi connectivity index (χ1v) is 15.6. The van der Waals surface area contributed by atoms with Gasteiger partial charge < -0.3 is 10.2 Å². The fourth-order valence-electron chi connectivity index (χ4n) is 4.79. The zero-order chi connectivity index (χ0) is 28.7. The van der Waals surface area contributed by atoms with Crippen LogP contribution >= 0.6 is 23.2 Å². The summed E-state index contributed by atoms with van der Waals surface area (Å²) >= 11 is 12.5. The topological polar surface area (TPSA) is 104 Å². The summed E-state index contributed by atoms with van der Waals surface area (Å²) in [4.78, 5) is 40.6. The average molecular weight is 597 g/mol. The van der Waals surface area contributed by atoms with E-state index in [0.717, 1.165) is 42.7 Å². The number of amides is 2. The highest BCUT2D eigenvalue weighted by Crippen LogP contribution is 2.26. The molecule has 0 heterocycles. The Hall–Kier alpha value is -2.62. The number of sulfonamides is 1. The predicted octanol–water partition coefficient (Wildman–Crippen LogP) is 5.22. The van der Waals surface area contributed by atoms with Crippen LogP contribution in [0.25, 0.3) is 0 Å². The molecule has 2 aromatic carbocycles. The molecule has 0 aliphatic heterocycles. The molecule has 2 aromatic rings. The van der Waals surface area contributed by atoms with Crippen molar-refractivity contribution in [1.29, 1.82) is 0 Å². The maximum absolute atomic E-state index is 13.9. The van der Waals surface area contributed by atoms with E-state index in [1.54, 1.807) is 37.3 Å². The first kappa shape index (κ1) is 30.9. The van der Waals surface area contributed by atoms with Crippen LogP contribution in [0.2, 0.25) is 10.0 Å². The van der Waals surface area contributed by atoms with E-state index in [2.05, 4.69) is 5.32 Å². The molecule has 39 heavy (non-hydrogen) atoms. The van der Waals surface area contributed by atoms with Gasteiger partial charge in [0.25, 0.3) is 0 Å². The number of carbonyl (C=O) groups is 3. The molecule has 8 nitrogen and oxygen atoms in total. The maximum atomic E-state index is 13.9. The summed E-state index contributed by atoms with van der Waals surface area (Å²) in [6.07, 6.45) is 6.28. The predicted molar refractivity (Wildman–Crippen MR) is 155 cm³/mol. The van der Waals surface area contributed by atoms with Gasteiger partial charge in [0, 0.05) is 28.2 Å². The Labute approximate surface area is 240 Å². The molecule has 2 amide bonds. The van der Waals surface area contributed by atoms with Gasteiger partial charge in [0.05, 0.1) is 11.9 Å². The van der Waals surface area contributed by atoms with Crippen LogP contribution in [0.1, 0.15) is 68.3 Å². The number of halogens is 2. The minimum atomic E-state index is -3.92. The van der Waals surface area contributed by atoms with Gasteiger partial charge in [-0.05, 0) is 56.0 Å². The van der Waals surface area contributed by atoms with E-state index in [-0.39, 0.29) is 30.0 Å². The highest BCUT2D eigenvalue weighted by Gasteiger charge is 2.33. The number of Topliss-reactive ketones (excluding diaryl/α,β-unsaturated/α-hetero) is 1. The summed E-state index contributed by atoms with van der Waals surface area (Å²) in [5.74, 6) is -1.10. The third-order valence-corrected chi connectivity index (χ3v) is 8.64. The van der Waals surface area contributed by atoms with Crippen LogP contribution in [0.4, 0.5) is 5.69 Å². The highest BCUT2D eigenvalue weighted by atomic mass is 35.5. The van der Waals surface area contributed by atoms with Gasteiger partial charge in [-0.3, -0.25) is 18.7 Å². The smallest absolute Gasteiger partial charge is 0.244 e. The van der Waals surface area contributed by atoms with E-state index in [0.29, 0.717) is 27.6 Å². The lowest BCUT2D eigenvalue weighted by molar-refractivity contribution is -0.140. The Kier molecular flexibility index (Phi) is 10.8. The van der Waals surface area contributed by atoms with Gasteiger partial charge in [0.2, 0.25) is 21.8 Å². The molecule has 0 radical (unpaired) electrons. The van der Waals surface area contributed by atoms with Crippen molar-refractivity contribution in [1.82, 2.24) is 10.2 Å². The second kappa shape index (κ2) is 13.6. The summed E-state index contributed by atoms with van der Waals surface area (Å²) in [6, 6.07) is 10.2. The average Bonchev–Trinajstić information content (AvgIpc) is 2.88. The van der Waals surface area contributed by atoms with E-state index in [1.165, 1.54) is 24.0 Å². The molecule has 1 fully saturated rings. The summed E-state index contributed by atoms with van der Waals surface area (Å²) in [5, 5.41) is 3.85. The molecule has 0 spiro atoms. The molecule has 0 saturated heterocycles. The summed E-state index contributed by atoms with van der Waals surface area (Å²) in [6.45, 7) is 2.61. The number of nitrogens with one attached hydrogen (secondary N) is 1. The first-order chi connectivity index (χ1) is 18.4. The fraction of sp³-hybridized carbons (Fsp3) is 0.464. The van der Waals surface area contributed by atoms with Crippen molar-refractivity contribution in [3.05, 3.63) is 63.6 Å². The molecular weight excluding hydrogens is 561 g/mol. The van der Waals surface area contributed by atoms with Crippen molar-refractivity contribution < 1.29 is 22.8 Å². The summed E-state index contributed by atoms with van der Waals surface area (Å²) < 4.78 is 26.6. The second-order valence-corrected chi connectivity index (χ2v) is 12.7. The van der Waals surface area contributed by atoms with Crippen LogP contribution in [0.5, 0.6) is 0 Å². The van der Waals surface area contributed by atoms with Gasteiger partial charge in [0.1, 0.15) is 12.6 Å². The minimum absolute atomic E-state index is 0.0173. The molecule has 1 saturated carbocycles. The summed E-state index contributed by atoms with van der Waals surface area (Å²) in [7, 11) is -3.92. The molecule has 1 aliphatic carbocycles. The van der Waals surface area contributed by atoms with Crippen LogP contribution < -0.4 is 9.62 Å². The number of ketones is 1. The number of hydrogen-bond donors (Lipinski definition) is 1. The van der Waals surface area contributed by atoms with Gasteiger partial charge in [-0.25, -0.2) is 8.42 Å². The van der Waals surface area contributed by atoms with Gasteiger partial charge >= 0.3 is 0 Å². The standard InChI is InChI=1S/C28H35Cl2N3O5S/c1-4-26(28(36)31-23-10-6-5-7-11-23)32(17-21-13-14-22(29)16-25(21)30)27(35)18-33(39(3,37)38)24-12-8-9-20(15-24)19(2)34/h8-9,12-16,23,26H,4-7,10-11,17-18H2,1-3H3,(H,31,36)/t26-/m0/s1. The van der Waals surface area contributed by atoms with Crippen LogP contribution in [0.15, 0.2) is 42.5 Å². The molecule has 1 aliphatic rings. The Bertz CT molecular complexity index is 1310. The normalized spacial score (nSPS) is 14.9. The zero-order valence-electron chi connectivity index (χ0n) is 22.5. The molecule has 11 heteroatoms. The van der Waals surface area contributed by atoms with Crippen LogP contribution in [0, 0.1) is 0 Å². The number of rotatable bonds is 11.